The fraction of sp³-hybridized carbons (Fsp3) is 0.263. The van der Waals surface area contributed by atoms with Gasteiger partial charge in [-0.2, -0.15) is 0 Å². The molecule has 1 N–H and O–H groups in total. The lowest BCUT2D eigenvalue weighted by atomic mass is 9.81. The zero-order chi connectivity index (χ0) is 14.0. The van der Waals surface area contributed by atoms with Crippen LogP contribution < -0.4 is 5.32 Å². The molecule has 3 aromatic rings. The predicted octanol–water partition coefficient (Wildman–Crippen LogP) is 5.06. The summed E-state index contributed by atoms with van der Waals surface area (Å²) in [7, 11) is 0. The van der Waals surface area contributed by atoms with Gasteiger partial charge in [-0.3, -0.25) is 0 Å². The minimum atomic E-state index is 0.487. The van der Waals surface area contributed by atoms with Gasteiger partial charge < -0.3 is 9.73 Å². The molecule has 0 amide bonds. The maximum atomic E-state index is 6.15. The molecule has 1 aliphatic carbocycles. The van der Waals surface area contributed by atoms with Gasteiger partial charge in [0, 0.05) is 22.7 Å². The minimum Gasteiger partial charge on any atom is -0.454 e. The third-order valence-corrected chi connectivity index (χ3v) is 5.10. The standard InChI is InChI=1S/C19H17NO/c1-11-5-4-7-13-14-9-10-15-12-6-2-3-8-16(12)21-19(15)18(14)20-17(11)13/h2-4,6-11,13,17,20H,5H2,1H3. The van der Waals surface area contributed by atoms with Gasteiger partial charge in [0.1, 0.15) is 5.58 Å². The van der Waals surface area contributed by atoms with Crippen molar-refractivity contribution in [1.82, 2.24) is 0 Å². The first kappa shape index (κ1) is 11.4. The highest BCUT2D eigenvalue weighted by Gasteiger charge is 2.37. The highest BCUT2D eigenvalue weighted by Crippen LogP contribution is 2.47. The summed E-state index contributed by atoms with van der Waals surface area (Å²) in [5.74, 6) is 1.15. The van der Waals surface area contributed by atoms with Crippen molar-refractivity contribution >= 4 is 27.6 Å². The third-order valence-electron chi connectivity index (χ3n) is 5.10. The summed E-state index contributed by atoms with van der Waals surface area (Å²) in [5.41, 5.74) is 4.58. The summed E-state index contributed by atoms with van der Waals surface area (Å²) >= 11 is 0. The molecule has 0 saturated heterocycles. The Hall–Kier alpha value is -2.22. The second-order valence-electron chi connectivity index (χ2n) is 6.34. The second-order valence-corrected chi connectivity index (χ2v) is 6.34. The van der Waals surface area contributed by atoms with Gasteiger partial charge in [-0.15, -0.1) is 0 Å². The van der Waals surface area contributed by atoms with Gasteiger partial charge in [0.2, 0.25) is 0 Å². The van der Waals surface area contributed by atoms with Crippen LogP contribution in [0.1, 0.15) is 24.8 Å². The number of hydrogen-bond acceptors (Lipinski definition) is 2. The van der Waals surface area contributed by atoms with E-state index in [1.807, 2.05) is 12.1 Å². The zero-order valence-corrected chi connectivity index (χ0v) is 12.0. The number of furan rings is 1. The Bertz CT molecular complexity index is 889. The molecular weight excluding hydrogens is 258 g/mol. The van der Waals surface area contributed by atoms with E-state index in [9.17, 15) is 0 Å². The van der Waals surface area contributed by atoms with Crippen molar-refractivity contribution in [2.45, 2.75) is 25.3 Å². The number of anilines is 1. The molecule has 2 aromatic carbocycles. The SMILES string of the molecule is CC1CC=CC2c3ccc4c(oc5ccccc54)c3NC12. The molecule has 0 saturated carbocycles. The summed E-state index contributed by atoms with van der Waals surface area (Å²) < 4.78 is 6.15. The Kier molecular flexibility index (Phi) is 2.13. The number of allylic oxidation sites excluding steroid dienone is 1. The molecule has 21 heavy (non-hydrogen) atoms. The Morgan fingerprint density at radius 3 is 2.95 bits per heavy atom. The molecular formula is C19H17NO. The summed E-state index contributed by atoms with van der Waals surface area (Å²) in [4.78, 5) is 0. The molecule has 0 bridgehead atoms. The van der Waals surface area contributed by atoms with Crippen LogP contribution in [0.3, 0.4) is 0 Å². The molecule has 104 valence electrons. The van der Waals surface area contributed by atoms with Crippen molar-refractivity contribution in [1.29, 1.82) is 0 Å². The van der Waals surface area contributed by atoms with Gasteiger partial charge in [0.25, 0.3) is 0 Å². The number of benzene rings is 2. The van der Waals surface area contributed by atoms with E-state index < -0.39 is 0 Å². The smallest absolute Gasteiger partial charge is 0.158 e. The molecule has 1 aromatic heterocycles. The van der Waals surface area contributed by atoms with Crippen LogP contribution in [-0.4, -0.2) is 6.04 Å². The summed E-state index contributed by atoms with van der Waals surface area (Å²) in [6.07, 6.45) is 5.84. The number of rotatable bonds is 0. The van der Waals surface area contributed by atoms with E-state index in [0.29, 0.717) is 17.9 Å². The molecule has 2 heterocycles. The Labute approximate surface area is 123 Å². The van der Waals surface area contributed by atoms with Gasteiger partial charge in [-0.1, -0.05) is 49.4 Å². The fourth-order valence-corrected chi connectivity index (χ4v) is 3.99. The average Bonchev–Trinajstić information content (AvgIpc) is 3.06. The monoisotopic (exact) mass is 275 g/mol. The molecule has 2 aliphatic rings. The number of para-hydroxylation sites is 1. The second kappa shape index (κ2) is 3.91. The number of fused-ring (bicyclic) bond motifs is 7. The van der Waals surface area contributed by atoms with Crippen LogP contribution in [0, 0.1) is 5.92 Å². The Balaban J connectivity index is 1.81. The third kappa shape index (κ3) is 1.42. The van der Waals surface area contributed by atoms with Crippen molar-refractivity contribution in [3.8, 4) is 0 Å². The van der Waals surface area contributed by atoms with Crippen LogP contribution >= 0.6 is 0 Å². The number of nitrogens with one attached hydrogen (secondary N) is 1. The molecule has 0 radical (unpaired) electrons. The molecule has 2 heteroatoms. The first-order valence-corrected chi connectivity index (χ1v) is 7.70. The quantitative estimate of drug-likeness (QED) is 0.580. The van der Waals surface area contributed by atoms with Gasteiger partial charge in [-0.25, -0.2) is 0 Å². The largest absolute Gasteiger partial charge is 0.454 e. The van der Waals surface area contributed by atoms with Crippen molar-refractivity contribution in [2.75, 3.05) is 5.32 Å². The van der Waals surface area contributed by atoms with E-state index in [1.54, 1.807) is 0 Å². The van der Waals surface area contributed by atoms with Crippen LogP contribution in [0.2, 0.25) is 0 Å². The van der Waals surface area contributed by atoms with E-state index >= 15 is 0 Å². The van der Waals surface area contributed by atoms with Crippen LogP contribution in [0.15, 0.2) is 53.0 Å². The van der Waals surface area contributed by atoms with Crippen molar-refractivity contribution < 1.29 is 4.42 Å². The molecule has 2 nitrogen and oxygen atoms in total. The molecule has 0 spiro atoms. The average molecular weight is 275 g/mol. The van der Waals surface area contributed by atoms with E-state index in [0.717, 1.165) is 17.6 Å². The highest BCUT2D eigenvalue weighted by molar-refractivity contribution is 6.09. The first-order valence-electron chi connectivity index (χ1n) is 7.70. The van der Waals surface area contributed by atoms with Crippen LogP contribution in [0.25, 0.3) is 21.9 Å². The molecule has 3 atom stereocenters. The minimum absolute atomic E-state index is 0.487. The fourth-order valence-electron chi connectivity index (χ4n) is 3.99. The Morgan fingerprint density at radius 1 is 1.10 bits per heavy atom. The van der Waals surface area contributed by atoms with Crippen molar-refractivity contribution in [2.24, 2.45) is 5.92 Å². The highest BCUT2D eigenvalue weighted by atomic mass is 16.3. The maximum absolute atomic E-state index is 6.15. The Morgan fingerprint density at radius 2 is 2.00 bits per heavy atom. The van der Waals surface area contributed by atoms with E-state index in [4.69, 9.17) is 4.42 Å². The van der Waals surface area contributed by atoms with Gasteiger partial charge in [-0.05, 0) is 24.0 Å². The van der Waals surface area contributed by atoms with Crippen LogP contribution in [0.4, 0.5) is 5.69 Å². The number of hydrogen-bond donors (Lipinski definition) is 1. The zero-order valence-electron chi connectivity index (χ0n) is 12.0. The van der Waals surface area contributed by atoms with Crippen LogP contribution in [-0.2, 0) is 0 Å². The molecule has 5 rings (SSSR count). The summed E-state index contributed by atoms with van der Waals surface area (Å²) in [6.45, 7) is 2.33. The van der Waals surface area contributed by atoms with Crippen molar-refractivity contribution in [3.05, 3.63) is 54.1 Å². The predicted molar refractivity (Wildman–Crippen MR) is 86.8 cm³/mol. The van der Waals surface area contributed by atoms with Crippen LogP contribution in [0.5, 0.6) is 0 Å². The topological polar surface area (TPSA) is 25.2 Å². The first-order chi connectivity index (χ1) is 10.3. The molecule has 1 aliphatic heterocycles. The normalized spacial score (nSPS) is 26.8. The molecule has 0 fully saturated rings. The summed E-state index contributed by atoms with van der Waals surface area (Å²) in [5, 5.41) is 6.16. The van der Waals surface area contributed by atoms with Gasteiger partial charge in [0.15, 0.2) is 5.58 Å². The lowest BCUT2D eigenvalue weighted by molar-refractivity contribution is 0.452. The van der Waals surface area contributed by atoms with E-state index in [-0.39, 0.29) is 0 Å². The maximum Gasteiger partial charge on any atom is 0.158 e. The van der Waals surface area contributed by atoms with E-state index in [1.165, 1.54) is 22.0 Å². The van der Waals surface area contributed by atoms with E-state index in [2.05, 4.69) is 48.7 Å². The molecule has 3 unspecified atom stereocenters. The summed E-state index contributed by atoms with van der Waals surface area (Å²) in [6, 6.07) is 13.3. The lowest BCUT2D eigenvalue weighted by Gasteiger charge is -2.27. The van der Waals surface area contributed by atoms with Gasteiger partial charge >= 0.3 is 0 Å². The lowest BCUT2D eigenvalue weighted by Crippen LogP contribution is -2.29. The van der Waals surface area contributed by atoms with Crippen molar-refractivity contribution in [3.63, 3.8) is 0 Å². The van der Waals surface area contributed by atoms with Gasteiger partial charge in [0.05, 0.1) is 5.69 Å².